The molecule has 6 nitrogen and oxygen atoms in total. The Labute approximate surface area is 114 Å². The summed E-state index contributed by atoms with van der Waals surface area (Å²) < 4.78 is 0. The lowest BCUT2D eigenvalue weighted by molar-refractivity contribution is -0.143. The second-order valence-electron chi connectivity index (χ2n) is 5.28. The molecular formula is C13H25N3O3. The van der Waals surface area contributed by atoms with E-state index in [4.69, 9.17) is 10.8 Å². The molecule has 0 aromatic heterocycles. The molecular weight excluding hydrogens is 246 g/mol. The summed E-state index contributed by atoms with van der Waals surface area (Å²) in [6, 6.07) is -0.0531. The molecule has 19 heavy (non-hydrogen) atoms. The normalized spacial score (nSPS) is 23.6. The van der Waals surface area contributed by atoms with Gasteiger partial charge < -0.3 is 16.2 Å². The smallest absolute Gasteiger partial charge is 0.307 e. The molecule has 6 heteroatoms. The highest BCUT2D eigenvalue weighted by Gasteiger charge is 2.31. The van der Waals surface area contributed by atoms with Crippen molar-refractivity contribution >= 4 is 11.9 Å². The van der Waals surface area contributed by atoms with E-state index < -0.39 is 11.9 Å². The average Bonchev–Trinajstić information content (AvgIpc) is 2.43. The number of hydrogen-bond acceptors (Lipinski definition) is 4. The van der Waals surface area contributed by atoms with Gasteiger partial charge in [-0.1, -0.05) is 6.92 Å². The number of piperidine rings is 1. The van der Waals surface area contributed by atoms with Crippen LogP contribution < -0.4 is 11.1 Å². The van der Waals surface area contributed by atoms with E-state index in [0.29, 0.717) is 19.6 Å². The second kappa shape index (κ2) is 7.45. The van der Waals surface area contributed by atoms with Gasteiger partial charge in [-0.15, -0.1) is 0 Å². The highest BCUT2D eigenvalue weighted by Crippen LogP contribution is 2.21. The Morgan fingerprint density at radius 1 is 1.47 bits per heavy atom. The Balaban J connectivity index is 2.54. The number of aliphatic carboxylic acids is 1. The highest BCUT2D eigenvalue weighted by atomic mass is 16.4. The van der Waals surface area contributed by atoms with Gasteiger partial charge >= 0.3 is 5.97 Å². The van der Waals surface area contributed by atoms with Crippen LogP contribution in [0.4, 0.5) is 0 Å². The third kappa shape index (κ3) is 4.47. The Morgan fingerprint density at radius 3 is 2.74 bits per heavy atom. The van der Waals surface area contributed by atoms with E-state index in [9.17, 15) is 9.59 Å². The lowest BCUT2D eigenvalue weighted by Crippen LogP contribution is -2.49. The van der Waals surface area contributed by atoms with Gasteiger partial charge in [0.25, 0.3) is 0 Å². The van der Waals surface area contributed by atoms with Crippen molar-refractivity contribution in [1.82, 2.24) is 10.2 Å². The maximum atomic E-state index is 11.9. The lowest BCUT2D eigenvalue weighted by atomic mass is 9.93. The topological polar surface area (TPSA) is 95.7 Å². The summed E-state index contributed by atoms with van der Waals surface area (Å²) in [6.07, 6.45) is 1.79. The van der Waals surface area contributed by atoms with Crippen molar-refractivity contribution in [3.63, 3.8) is 0 Å². The van der Waals surface area contributed by atoms with Crippen LogP contribution in [0.1, 0.15) is 26.7 Å². The monoisotopic (exact) mass is 271 g/mol. The first-order valence-corrected chi connectivity index (χ1v) is 6.92. The van der Waals surface area contributed by atoms with Crippen LogP contribution >= 0.6 is 0 Å². The van der Waals surface area contributed by atoms with Gasteiger partial charge in [-0.3, -0.25) is 14.5 Å². The number of carbonyl (C=O) groups is 2. The fourth-order valence-corrected chi connectivity index (χ4v) is 2.45. The molecule has 1 aliphatic heterocycles. The number of carboxylic acid groups (broad SMARTS) is 1. The Bertz CT molecular complexity index is 322. The van der Waals surface area contributed by atoms with E-state index in [1.807, 2.05) is 6.92 Å². The molecule has 0 aromatic rings. The third-order valence-electron chi connectivity index (χ3n) is 3.96. The van der Waals surface area contributed by atoms with Gasteiger partial charge in [0.1, 0.15) is 0 Å². The van der Waals surface area contributed by atoms with E-state index in [1.165, 1.54) is 0 Å². The molecule has 1 aliphatic rings. The SMILES string of the molecule is CC(C(=O)O)C(C)N1CCCC(C(=O)NCCN)C1. The van der Waals surface area contributed by atoms with Crippen LogP contribution in [0.15, 0.2) is 0 Å². The number of rotatable bonds is 6. The molecule has 0 radical (unpaired) electrons. The number of nitrogens with zero attached hydrogens (tertiary/aromatic N) is 1. The molecule has 1 fully saturated rings. The van der Waals surface area contributed by atoms with Gasteiger partial charge in [-0.05, 0) is 26.3 Å². The number of carbonyl (C=O) groups excluding carboxylic acids is 1. The van der Waals surface area contributed by atoms with Crippen LogP contribution in [0.2, 0.25) is 0 Å². The summed E-state index contributed by atoms with van der Waals surface area (Å²) in [5.74, 6) is -1.23. The number of amides is 1. The minimum atomic E-state index is -0.790. The summed E-state index contributed by atoms with van der Waals surface area (Å²) >= 11 is 0. The van der Waals surface area contributed by atoms with E-state index >= 15 is 0 Å². The van der Waals surface area contributed by atoms with Crippen LogP contribution in [0, 0.1) is 11.8 Å². The Hall–Kier alpha value is -1.14. The predicted octanol–water partition coefficient (Wildman–Crippen LogP) is -0.117. The van der Waals surface area contributed by atoms with Crippen LogP contribution in [0.3, 0.4) is 0 Å². The van der Waals surface area contributed by atoms with E-state index in [2.05, 4.69) is 10.2 Å². The van der Waals surface area contributed by atoms with Crippen molar-refractivity contribution < 1.29 is 14.7 Å². The summed E-state index contributed by atoms with van der Waals surface area (Å²) in [6.45, 7) is 6.06. The van der Waals surface area contributed by atoms with Gasteiger partial charge in [-0.2, -0.15) is 0 Å². The van der Waals surface area contributed by atoms with Crippen LogP contribution in [0.25, 0.3) is 0 Å². The molecule has 0 aliphatic carbocycles. The zero-order chi connectivity index (χ0) is 14.4. The number of nitrogens with two attached hydrogens (primary N) is 1. The zero-order valence-electron chi connectivity index (χ0n) is 11.8. The predicted molar refractivity (Wildman–Crippen MR) is 72.6 cm³/mol. The Morgan fingerprint density at radius 2 is 2.16 bits per heavy atom. The molecule has 110 valence electrons. The molecule has 1 rings (SSSR count). The molecule has 1 saturated heterocycles. The maximum absolute atomic E-state index is 11.9. The highest BCUT2D eigenvalue weighted by molar-refractivity contribution is 5.79. The van der Waals surface area contributed by atoms with Crippen molar-refractivity contribution in [3.05, 3.63) is 0 Å². The van der Waals surface area contributed by atoms with E-state index in [-0.39, 0.29) is 17.9 Å². The minimum absolute atomic E-state index is 0.0327. The number of carboxylic acids is 1. The first-order valence-electron chi connectivity index (χ1n) is 6.92. The first kappa shape index (κ1) is 15.9. The van der Waals surface area contributed by atoms with Gasteiger partial charge in [0.15, 0.2) is 0 Å². The number of likely N-dealkylation sites (tertiary alicyclic amines) is 1. The zero-order valence-corrected chi connectivity index (χ0v) is 11.8. The van der Waals surface area contributed by atoms with Crippen LogP contribution in [-0.2, 0) is 9.59 Å². The van der Waals surface area contributed by atoms with Crippen molar-refractivity contribution in [1.29, 1.82) is 0 Å². The molecule has 0 spiro atoms. The lowest BCUT2D eigenvalue weighted by Gasteiger charge is -2.37. The van der Waals surface area contributed by atoms with Crippen LogP contribution in [0.5, 0.6) is 0 Å². The van der Waals surface area contributed by atoms with Crippen molar-refractivity contribution in [2.75, 3.05) is 26.2 Å². The summed E-state index contributed by atoms with van der Waals surface area (Å²) in [5.41, 5.74) is 5.36. The van der Waals surface area contributed by atoms with Crippen LogP contribution in [-0.4, -0.2) is 54.1 Å². The second-order valence-corrected chi connectivity index (χ2v) is 5.28. The molecule has 1 amide bonds. The summed E-state index contributed by atoms with van der Waals surface area (Å²) in [7, 11) is 0. The van der Waals surface area contributed by atoms with Crippen molar-refractivity contribution in [2.24, 2.45) is 17.6 Å². The van der Waals surface area contributed by atoms with Gasteiger partial charge in [-0.25, -0.2) is 0 Å². The minimum Gasteiger partial charge on any atom is -0.481 e. The quantitative estimate of drug-likeness (QED) is 0.626. The molecule has 0 aromatic carbocycles. The average molecular weight is 271 g/mol. The fourth-order valence-electron chi connectivity index (χ4n) is 2.45. The standard InChI is InChI=1S/C13H25N3O3/c1-9(13(18)19)10(2)16-7-3-4-11(8-16)12(17)15-6-5-14/h9-11H,3-8,14H2,1-2H3,(H,15,17)(H,18,19). The third-order valence-corrected chi connectivity index (χ3v) is 3.96. The molecule has 0 saturated carbocycles. The van der Waals surface area contributed by atoms with Crippen molar-refractivity contribution in [2.45, 2.75) is 32.7 Å². The van der Waals surface area contributed by atoms with E-state index in [1.54, 1.807) is 6.92 Å². The molecule has 4 N–H and O–H groups in total. The van der Waals surface area contributed by atoms with Gasteiger partial charge in [0.05, 0.1) is 11.8 Å². The molecule has 1 heterocycles. The summed E-state index contributed by atoms with van der Waals surface area (Å²) in [5, 5.41) is 11.9. The largest absolute Gasteiger partial charge is 0.481 e. The fraction of sp³-hybridized carbons (Fsp3) is 0.846. The van der Waals surface area contributed by atoms with E-state index in [0.717, 1.165) is 19.4 Å². The number of nitrogens with one attached hydrogen (secondary N) is 1. The van der Waals surface area contributed by atoms with Crippen molar-refractivity contribution in [3.8, 4) is 0 Å². The molecule has 0 bridgehead atoms. The van der Waals surface area contributed by atoms with Gasteiger partial charge in [0, 0.05) is 25.7 Å². The summed E-state index contributed by atoms with van der Waals surface area (Å²) in [4.78, 5) is 25.0. The maximum Gasteiger partial charge on any atom is 0.307 e. The molecule has 3 unspecified atom stereocenters. The first-order chi connectivity index (χ1) is 8.97. The van der Waals surface area contributed by atoms with Gasteiger partial charge in [0.2, 0.25) is 5.91 Å². The Kier molecular flexibility index (Phi) is 6.24. The number of hydrogen-bond donors (Lipinski definition) is 3. The molecule has 3 atom stereocenters.